The molecule has 0 aliphatic rings. The van der Waals surface area contributed by atoms with Gasteiger partial charge in [-0.15, -0.1) is 0 Å². The van der Waals surface area contributed by atoms with Gasteiger partial charge in [0.05, 0.1) is 0 Å². The van der Waals surface area contributed by atoms with Gasteiger partial charge in [0.25, 0.3) is 0 Å². The van der Waals surface area contributed by atoms with Crippen molar-refractivity contribution in [3.63, 3.8) is 0 Å². The van der Waals surface area contributed by atoms with Crippen LogP contribution in [0.3, 0.4) is 0 Å². The molecule has 13 heavy (non-hydrogen) atoms. The Hall–Kier alpha value is -1.43. The predicted octanol–water partition coefficient (Wildman–Crippen LogP) is 2.11. The molecule has 68 valence electrons. The molecule has 0 radical (unpaired) electrons. The number of hydrogen-bond donors (Lipinski definition) is 0. The van der Waals surface area contributed by atoms with Crippen LogP contribution in [0.2, 0.25) is 0 Å². The number of nitriles is 1. The fourth-order valence-electron chi connectivity index (χ4n) is 1.02. The van der Waals surface area contributed by atoms with E-state index in [1.807, 2.05) is 6.07 Å². The van der Waals surface area contributed by atoms with E-state index >= 15 is 0 Å². The molecular formula is C10H13N3. The van der Waals surface area contributed by atoms with Gasteiger partial charge in [0.2, 0.25) is 5.82 Å². The molecule has 0 fully saturated rings. The number of rotatable bonds is 2. The molecule has 1 rings (SSSR count). The van der Waals surface area contributed by atoms with Crippen molar-refractivity contribution in [2.45, 2.75) is 26.7 Å². The van der Waals surface area contributed by atoms with Crippen molar-refractivity contribution in [2.75, 3.05) is 0 Å². The first-order valence-corrected chi connectivity index (χ1v) is 4.37. The molecule has 0 amide bonds. The minimum atomic E-state index is 0.236. The van der Waals surface area contributed by atoms with Crippen molar-refractivity contribution in [1.82, 2.24) is 9.97 Å². The lowest BCUT2D eigenvalue weighted by Gasteiger charge is -2.14. The highest BCUT2D eigenvalue weighted by molar-refractivity contribution is 5.16. The van der Waals surface area contributed by atoms with Gasteiger partial charge in [-0.2, -0.15) is 5.26 Å². The minimum absolute atomic E-state index is 0.236. The smallest absolute Gasteiger partial charge is 0.227 e. The standard InChI is InChI=1S/C10H13N3/c1-7(2)8(3)9-5-12-10(4-11)13-6-9/h5-8H,1-3H3. The summed E-state index contributed by atoms with van der Waals surface area (Å²) in [4.78, 5) is 7.86. The summed E-state index contributed by atoms with van der Waals surface area (Å²) in [5.74, 6) is 1.24. The lowest BCUT2D eigenvalue weighted by molar-refractivity contribution is 0.532. The molecule has 0 saturated heterocycles. The molecule has 0 saturated carbocycles. The van der Waals surface area contributed by atoms with E-state index in [2.05, 4.69) is 30.7 Å². The first kappa shape index (κ1) is 9.66. The zero-order valence-electron chi connectivity index (χ0n) is 8.15. The Morgan fingerprint density at radius 3 is 2.15 bits per heavy atom. The second-order valence-electron chi connectivity index (χ2n) is 3.48. The summed E-state index contributed by atoms with van der Waals surface area (Å²) in [5, 5.41) is 8.50. The summed E-state index contributed by atoms with van der Waals surface area (Å²) < 4.78 is 0. The van der Waals surface area contributed by atoms with Gasteiger partial charge in [-0.3, -0.25) is 0 Å². The summed E-state index contributed by atoms with van der Waals surface area (Å²) in [6.45, 7) is 6.45. The third kappa shape index (κ3) is 2.25. The van der Waals surface area contributed by atoms with Crippen LogP contribution in [0.25, 0.3) is 0 Å². The van der Waals surface area contributed by atoms with E-state index in [1.54, 1.807) is 12.4 Å². The molecule has 1 aromatic heterocycles. The minimum Gasteiger partial charge on any atom is -0.227 e. The van der Waals surface area contributed by atoms with Crippen LogP contribution in [0.4, 0.5) is 0 Å². The monoisotopic (exact) mass is 175 g/mol. The van der Waals surface area contributed by atoms with Crippen molar-refractivity contribution in [3.8, 4) is 6.07 Å². The maximum absolute atomic E-state index is 8.50. The Morgan fingerprint density at radius 2 is 1.77 bits per heavy atom. The van der Waals surface area contributed by atoms with E-state index in [1.165, 1.54) is 0 Å². The molecular weight excluding hydrogens is 162 g/mol. The summed E-state index contributed by atoms with van der Waals surface area (Å²) in [6, 6.07) is 1.90. The Balaban J connectivity index is 2.87. The van der Waals surface area contributed by atoms with Gasteiger partial charge in [-0.25, -0.2) is 9.97 Å². The number of nitrogens with zero attached hydrogens (tertiary/aromatic N) is 3. The lowest BCUT2D eigenvalue weighted by Crippen LogP contribution is -2.03. The van der Waals surface area contributed by atoms with Crippen LogP contribution in [-0.4, -0.2) is 9.97 Å². The van der Waals surface area contributed by atoms with Crippen LogP contribution in [-0.2, 0) is 0 Å². The highest BCUT2D eigenvalue weighted by Crippen LogP contribution is 2.21. The molecule has 1 unspecified atom stereocenters. The van der Waals surface area contributed by atoms with Crippen LogP contribution in [0.15, 0.2) is 12.4 Å². The third-order valence-electron chi connectivity index (χ3n) is 2.30. The van der Waals surface area contributed by atoms with E-state index in [9.17, 15) is 0 Å². The normalized spacial score (nSPS) is 12.5. The average molecular weight is 175 g/mol. The van der Waals surface area contributed by atoms with E-state index in [4.69, 9.17) is 5.26 Å². The van der Waals surface area contributed by atoms with E-state index in [-0.39, 0.29) is 5.82 Å². The fraction of sp³-hybridized carbons (Fsp3) is 0.500. The highest BCUT2D eigenvalue weighted by atomic mass is 14.9. The van der Waals surface area contributed by atoms with Crippen molar-refractivity contribution < 1.29 is 0 Å². The van der Waals surface area contributed by atoms with Crippen LogP contribution in [0.5, 0.6) is 0 Å². The maximum atomic E-state index is 8.50. The van der Waals surface area contributed by atoms with Gasteiger partial charge in [0, 0.05) is 12.4 Å². The fourth-order valence-corrected chi connectivity index (χ4v) is 1.02. The van der Waals surface area contributed by atoms with Gasteiger partial charge in [0.1, 0.15) is 6.07 Å². The molecule has 1 heterocycles. The lowest BCUT2D eigenvalue weighted by atomic mass is 9.92. The summed E-state index contributed by atoms with van der Waals surface area (Å²) in [5.41, 5.74) is 1.09. The average Bonchev–Trinajstić information content (AvgIpc) is 2.17. The second-order valence-corrected chi connectivity index (χ2v) is 3.48. The van der Waals surface area contributed by atoms with Crippen molar-refractivity contribution in [1.29, 1.82) is 5.26 Å². The van der Waals surface area contributed by atoms with Gasteiger partial charge < -0.3 is 0 Å². The van der Waals surface area contributed by atoms with Crippen molar-refractivity contribution in [2.24, 2.45) is 5.92 Å². The highest BCUT2D eigenvalue weighted by Gasteiger charge is 2.10. The molecule has 1 atom stereocenters. The molecule has 0 bridgehead atoms. The summed E-state index contributed by atoms with van der Waals surface area (Å²) in [6.07, 6.45) is 3.46. The zero-order chi connectivity index (χ0) is 9.84. The Morgan fingerprint density at radius 1 is 1.23 bits per heavy atom. The third-order valence-corrected chi connectivity index (χ3v) is 2.30. The Labute approximate surface area is 78.5 Å². The van der Waals surface area contributed by atoms with E-state index < -0.39 is 0 Å². The van der Waals surface area contributed by atoms with Crippen molar-refractivity contribution >= 4 is 0 Å². The number of aromatic nitrogens is 2. The predicted molar refractivity (Wildman–Crippen MR) is 50.0 cm³/mol. The molecule has 1 aromatic rings. The summed E-state index contributed by atoms with van der Waals surface area (Å²) in [7, 11) is 0. The Kier molecular flexibility index (Phi) is 2.97. The topological polar surface area (TPSA) is 49.6 Å². The van der Waals surface area contributed by atoms with Gasteiger partial charge >= 0.3 is 0 Å². The maximum Gasteiger partial charge on any atom is 0.232 e. The molecule has 0 aliphatic heterocycles. The molecule has 0 aromatic carbocycles. The molecule has 0 N–H and O–H groups in total. The molecule has 0 aliphatic carbocycles. The quantitative estimate of drug-likeness (QED) is 0.691. The van der Waals surface area contributed by atoms with Crippen LogP contribution >= 0.6 is 0 Å². The van der Waals surface area contributed by atoms with E-state index in [0.717, 1.165) is 5.56 Å². The van der Waals surface area contributed by atoms with Crippen LogP contribution in [0.1, 0.15) is 38.1 Å². The van der Waals surface area contributed by atoms with Crippen molar-refractivity contribution in [3.05, 3.63) is 23.8 Å². The molecule has 3 heteroatoms. The first-order chi connectivity index (χ1) is 6.15. The zero-order valence-corrected chi connectivity index (χ0v) is 8.15. The SMILES string of the molecule is CC(C)C(C)c1cnc(C#N)nc1. The first-order valence-electron chi connectivity index (χ1n) is 4.37. The van der Waals surface area contributed by atoms with Gasteiger partial charge in [-0.05, 0) is 17.4 Å². The molecule has 0 spiro atoms. The van der Waals surface area contributed by atoms with Gasteiger partial charge in [-0.1, -0.05) is 20.8 Å². The Bertz CT molecular complexity index is 308. The second kappa shape index (κ2) is 3.99. The largest absolute Gasteiger partial charge is 0.232 e. The van der Waals surface area contributed by atoms with E-state index in [0.29, 0.717) is 11.8 Å². The molecule has 3 nitrogen and oxygen atoms in total. The van der Waals surface area contributed by atoms with Gasteiger partial charge in [0.15, 0.2) is 0 Å². The van der Waals surface area contributed by atoms with Crippen LogP contribution in [0, 0.1) is 17.2 Å². The summed E-state index contributed by atoms with van der Waals surface area (Å²) >= 11 is 0. The number of hydrogen-bond acceptors (Lipinski definition) is 3. The van der Waals surface area contributed by atoms with Crippen LogP contribution < -0.4 is 0 Å².